The fourth-order valence-electron chi connectivity index (χ4n) is 1.87. The Bertz CT molecular complexity index is 435. The number of hydrogen-bond acceptors (Lipinski definition) is 6. The Morgan fingerprint density at radius 3 is 2.89 bits per heavy atom. The number of amides is 1. The first-order valence-corrected chi connectivity index (χ1v) is 6.20. The zero-order valence-corrected chi connectivity index (χ0v) is 11.1. The lowest BCUT2D eigenvalue weighted by atomic mass is 10.2. The van der Waals surface area contributed by atoms with Gasteiger partial charge in [-0.2, -0.15) is 0 Å². The SMILES string of the molecule is COc1cc(NC(C)C(=O)N2CCOCC2)ncn1. The molecule has 1 aliphatic rings. The van der Waals surface area contributed by atoms with Crippen molar-refractivity contribution in [3.63, 3.8) is 0 Å². The summed E-state index contributed by atoms with van der Waals surface area (Å²) in [6, 6.07) is 1.31. The minimum atomic E-state index is -0.349. The molecule has 19 heavy (non-hydrogen) atoms. The molecule has 2 rings (SSSR count). The van der Waals surface area contributed by atoms with Gasteiger partial charge in [0.05, 0.1) is 20.3 Å². The van der Waals surface area contributed by atoms with Crippen LogP contribution in [0, 0.1) is 0 Å². The molecule has 1 aromatic heterocycles. The molecule has 0 bridgehead atoms. The molecule has 1 atom stereocenters. The van der Waals surface area contributed by atoms with Crippen LogP contribution in [-0.4, -0.2) is 60.2 Å². The first-order chi connectivity index (χ1) is 9.20. The van der Waals surface area contributed by atoms with E-state index >= 15 is 0 Å². The van der Waals surface area contributed by atoms with Gasteiger partial charge in [0.15, 0.2) is 0 Å². The molecule has 1 saturated heterocycles. The number of anilines is 1. The minimum absolute atomic E-state index is 0.0425. The van der Waals surface area contributed by atoms with Crippen LogP contribution < -0.4 is 10.1 Å². The summed E-state index contributed by atoms with van der Waals surface area (Å²) < 4.78 is 10.2. The average molecular weight is 266 g/mol. The molecular weight excluding hydrogens is 248 g/mol. The second kappa shape index (κ2) is 6.33. The number of methoxy groups -OCH3 is 1. The molecule has 104 valence electrons. The fourth-order valence-corrected chi connectivity index (χ4v) is 1.87. The maximum Gasteiger partial charge on any atom is 0.244 e. The van der Waals surface area contributed by atoms with Crippen LogP contribution in [-0.2, 0) is 9.53 Å². The Morgan fingerprint density at radius 2 is 2.21 bits per heavy atom. The Labute approximate surface area is 111 Å². The van der Waals surface area contributed by atoms with Crippen LogP contribution in [0.1, 0.15) is 6.92 Å². The van der Waals surface area contributed by atoms with Gasteiger partial charge >= 0.3 is 0 Å². The van der Waals surface area contributed by atoms with Crippen LogP contribution in [0.2, 0.25) is 0 Å². The minimum Gasteiger partial charge on any atom is -0.481 e. The van der Waals surface area contributed by atoms with Gasteiger partial charge < -0.3 is 19.7 Å². The number of nitrogens with zero attached hydrogens (tertiary/aromatic N) is 3. The predicted octanol–water partition coefficient (Wildman–Crippen LogP) is 0.144. The first-order valence-electron chi connectivity index (χ1n) is 6.20. The van der Waals surface area contributed by atoms with Crippen LogP contribution >= 0.6 is 0 Å². The lowest BCUT2D eigenvalue weighted by Gasteiger charge is -2.29. The third-order valence-electron chi connectivity index (χ3n) is 2.91. The van der Waals surface area contributed by atoms with Gasteiger partial charge in [-0.25, -0.2) is 9.97 Å². The molecule has 2 heterocycles. The maximum absolute atomic E-state index is 12.2. The van der Waals surface area contributed by atoms with E-state index in [1.807, 2.05) is 6.92 Å². The van der Waals surface area contributed by atoms with Crippen molar-refractivity contribution in [1.82, 2.24) is 14.9 Å². The lowest BCUT2D eigenvalue weighted by Crippen LogP contribution is -2.47. The van der Waals surface area contributed by atoms with E-state index in [9.17, 15) is 4.79 Å². The standard InChI is InChI=1S/C12H18N4O3/c1-9(12(17)16-3-5-19-6-4-16)15-10-7-11(18-2)14-8-13-10/h7-9H,3-6H2,1-2H3,(H,13,14,15). The molecule has 1 aliphatic heterocycles. The number of ether oxygens (including phenoxy) is 2. The van der Waals surface area contributed by atoms with Crippen LogP contribution in [0.25, 0.3) is 0 Å². The van der Waals surface area contributed by atoms with E-state index in [1.54, 1.807) is 11.0 Å². The molecule has 7 heteroatoms. The molecule has 1 fully saturated rings. The smallest absolute Gasteiger partial charge is 0.244 e. The second-order valence-electron chi connectivity index (χ2n) is 4.25. The fraction of sp³-hybridized carbons (Fsp3) is 0.583. The summed E-state index contributed by atoms with van der Waals surface area (Å²) in [7, 11) is 1.54. The van der Waals surface area contributed by atoms with E-state index in [4.69, 9.17) is 9.47 Å². The summed E-state index contributed by atoms with van der Waals surface area (Å²) >= 11 is 0. The molecule has 7 nitrogen and oxygen atoms in total. The Balaban J connectivity index is 1.95. The van der Waals surface area contributed by atoms with E-state index in [-0.39, 0.29) is 11.9 Å². The number of morpholine rings is 1. The third-order valence-corrected chi connectivity index (χ3v) is 2.91. The second-order valence-corrected chi connectivity index (χ2v) is 4.25. The molecule has 0 aliphatic carbocycles. The molecule has 0 saturated carbocycles. The summed E-state index contributed by atoms with van der Waals surface area (Å²) in [6.45, 7) is 4.28. The molecule has 0 radical (unpaired) electrons. The molecule has 0 aromatic carbocycles. The zero-order valence-electron chi connectivity index (χ0n) is 11.1. The van der Waals surface area contributed by atoms with Gasteiger partial charge in [-0.3, -0.25) is 4.79 Å². The van der Waals surface area contributed by atoms with Gasteiger partial charge in [-0.05, 0) is 6.92 Å². The number of aromatic nitrogens is 2. The highest BCUT2D eigenvalue weighted by Crippen LogP contribution is 2.12. The molecular formula is C12H18N4O3. The van der Waals surface area contributed by atoms with Crippen LogP contribution in [0.15, 0.2) is 12.4 Å². The summed E-state index contributed by atoms with van der Waals surface area (Å²) in [5.41, 5.74) is 0. The highest BCUT2D eigenvalue weighted by atomic mass is 16.5. The van der Waals surface area contributed by atoms with Crippen molar-refractivity contribution in [3.05, 3.63) is 12.4 Å². The summed E-state index contributed by atoms with van der Waals surface area (Å²) in [5, 5.41) is 3.05. The summed E-state index contributed by atoms with van der Waals surface area (Å²) in [5.74, 6) is 1.07. The Hall–Kier alpha value is -1.89. The summed E-state index contributed by atoms with van der Waals surface area (Å²) in [6.07, 6.45) is 1.40. The van der Waals surface area contributed by atoms with E-state index in [0.29, 0.717) is 38.0 Å². The van der Waals surface area contributed by atoms with Gasteiger partial charge in [0.2, 0.25) is 11.8 Å². The van der Waals surface area contributed by atoms with Gasteiger partial charge in [-0.15, -0.1) is 0 Å². The molecule has 1 aromatic rings. The molecule has 1 amide bonds. The Kier molecular flexibility index (Phi) is 4.51. The van der Waals surface area contributed by atoms with Crippen molar-refractivity contribution in [2.24, 2.45) is 0 Å². The quantitative estimate of drug-likeness (QED) is 0.835. The van der Waals surface area contributed by atoms with Crippen LogP contribution in [0.5, 0.6) is 5.88 Å². The monoisotopic (exact) mass is 266 g/mol. The Morgan fingerprint density at radius 1 is 1.47 bits per heavy atom. The number of rotatable bonds is 4. The highest BCUT2D eigenvalue weighted by molar-refractivity contribution is 5.84. The zero-order chi connectivity index (χ0) is 13.7. The topological polar surface area (TPSA) is 76.6 Å². The normalized spacial score (nSPS) is 16.8. The number of carbonyl (C=O) groups excluding carboxylic acids is 1. The number of carbonyl (C=O) groups is 1. The van der Waals surface area contributed by atoms with Crippen molar-refractivity contribution in [3.8, 4) is 5.88 Å². The average Bonchev–Trinajstić information content (AvgIpc) is 2.47. The third kappa shape index (κ3) is 3.54. The van der Waals surface area contributed by atoms with Crippen LogP contribution in [0.4, 0.5) is 5.82 Å². The van der Waals surface area contributed by atoms with Gasteiger partial charge in [0.1, 0.15) is 18.2 Å². The summed E-state index contributed by atoms with van der Waals surface area (Å²) in [4.78, 5) is 22.0. The van der Waals surface area contributed by atoms with Crippen molar-refractivity contribution in [1.29, 1.82) is 0 Å². The van der Waals surface area contributed by atoms with E-state index in [0.717, 1.165) is 0 Å². The van der Waals surface area contributed by atoms with Crippen LogP contribution in [0.3, 0.4) is 0 Å². The van der Waals surface area contributed by atoms with Crippen molar-refractivity contribution >= 4 is 11.7 Å². The lowest BCUT2D eigenvalue weighted by molar-refractivity contribution is -0.135. The maximum atomic E-state index is 12.2. The number of hydrogen-bond donors (Lipinski definition) is 1. The van der Waals surface area contributed by atoms with E-state index < -0.39 is 0 Å². The van der Waals surface area contributed by atoms with Crippen molar-refractivity contribution in [2.45, 2.75) is 13.0 Å². The van der Waals surface area contributed by atoms with Gasteiger partial charge in [-0.1, -0.05) is 0 Å². The molecule has 0 spiro atoms. The molecule has 1 unspecified atom stereocenters. The van der Waals surface area contributed by atoms with Crippen molar-refractivity contribution < 1.29 is 14.3 Å². The van der Waals surface area contributed by atoms with Gasteiger partial charge in [0, 0.05) is 19.2 Å². The van der Waals surface area contributed by atoms with E-state index in [2.05, 4.69) is 15.3 Å². The predicted molar refractivity (Wildman–Crippen MR) is 69.1 cm³/mol. The molecule has 1 N–H and O–H groups in total. The highest BCUT2D eigenvalue weighted by Gasteiger charge is 2.22. The van der Waals surface area contributed by atoms with Crippen molar-refractivity contribution in [2.75, 3.05) is 38.7 Å². The largest absolute Gasteiger partial charge is 0.481 e. The van der Waals surface area contributed by atoms with Gasteiger partial charge in [0.25, 0.3) is 0 Å². The van der Waals surface area contributed by atoms with E-state index in [1.165, 1.54) is 13.4 Å². The first kappa shape index (κ1) is 13.5. The number of nitrogens with one attached hydrogen (secondary N) is 1.